The Hall–Kier alpha value is -0.780. The second-order valence-corrected chi connectivity index (χ2v) is 4.55. The van der Waals surface area contributed by atoms with Crippen LogP contribution in [0.5, 0.6) is 0 Å². The van der Waals surface area contributed by atoms with Crippen LogP contribution in [0.1, 0.15) is 25.1 Å². The number of aryl methyl sites for hydroxylation is 1. The molecule has 2 rings (SSSR count). The largest absolute Gasteiger partial charge is 0.338 e. The monoisotopic (exact) mass is 308 g/mol. The lowest BCUT2D eigenvalue weighted by molar-refractivity contribution is -0.132. The van der Waals surface area contributed by atoms with Crippen LogP contribution in [-0.2, 0) is 11.3 Å². The van der Waals surface area contributed by atoms with E-state index in [0.29, 0.717) is 19.0 Å². The third-order valence-corrected chi connectivity index (χ3v) is 3.39. The Morgan fingerprint density at radius 2 is 2.26 bits per heavy atom. The molecule has 5 nitrogen and oxygen atoms in total. The molecule has 0 aliphatic carbocycles. The molecule has 2 heterocycles. The maximum atomic E-state index is 11.9. The molecule has 1 aromatic heterocycles. The molecule has 1 amide bonds. The Morgan fingerprint density at radius 1 is 1.53 bits per heavy atom. The second-order valence-electron chi connectivity index (χ2n) is 4.55. The lowest BCUT2D eigenvalue weighted by atomic mass is 10.2. The van der Waals surface area contributed by atoms with Gasteiger partial charge in [0.05, 0.1) is 0 Å². The average molecular weight is 309 g/mol. The molecule has 1 saturated heterocycles. The first-order chi connectivity index (χ1) is 8.22. The van der Waals surface area contributed by atoms with Gasteiger partial charge in [-0.1, -0.05) is 0 Å². The van der Waals surface area contributed by atoms with E-state index in [1.807, 2.05) is 18.0 Å². The Bertz CT molecular complexity index is 397. The highest BCUT2D eigenvalue weighted by atomic mass is 35.5. The average Bonchev–Trinajstić information content (AvgIpc) is 2.90. The molecule has 7 heteroatoms. The molecule has 0 saturated carbocycles. The van der Waals surface area contributed by atoms with Crippen LogP contribution in [0.3, 0.4) is 0 Å². The fourth-order valence-electron chi connectivity index (χ4n) is 2.44. The molecule has 0 spiro atoms. The van der Waals surface area contributed by atoms with Crippen molar-refractivity contribution in [1.29, 1.82) is 0 Å². The predicted octanol–water partition coefficient (Wildman–Crippen LogP) is 1.37. The van der Waals surface area contributed by atoms with Gasteiger partial charge in [0.15, 0.2) is 0 Å². The van der Waals surface area contributed by atoms with Crippen molar-refractivity contribution in [3.63, 3.8) is 0 Å². The number of carbonyl (C=O) groups is 1. The van der Waals surface area contributed by atoms with E-state index in [9.17, 15) is 4.79 Å². The number of halogens is 2. The third kappa shape index (κ3) is 4.37. The van der Waals surface area contributed by atoms with Crippen molar-refractivity contribution in [1.82, 2.24) is 14.5 Å². The SMILES string of the molecule is Cc1nccn1CC1CCCN1C(=O)CCN.Cl.Cl. The summed E-state index contributed by atoms with van der Waals surface area (Å²) in [5, 5.41) is 0. The summed E-state index contributed by atoms with van der Waals surface area (Å²) >= 11 is 0. The summed E-state index contributed by atoms with van der Waals surface area (Å²) in [6.45, 7) is 4.15. The van der Waals surface area contributed by atoms with Gasteiger partial charge < -0.3 is 15.2 Å². The Kier molecular flexibility index (Phi) is 8.06. The van der Waals surface area contributed by atoms with E-state index < -0.39 is 0 Å². The lowest BCUT2D eigenvalue weighted by Crippen LogP contribution is -2.38. The van der Waals surface area contributed by atoms with E-state index in [-0.39, 0.29) is 30.7 Å². The molecular weight excluding hydrogens is 287 g/mol. The number of imidazole rings is 1. The molecule has 1 unspecified atom stereocenters. The quantitative estimate of drug-likeness (QED) is 0.914. The van der Waals surface area contributed by atoms with Crippen molar-refractivity contribution in [2.45, 2.75) is 38.8 Å². The van der Waals surface area contributed by atoms with Gasteiger partial charge in [0.2, 0.25) is 5.91 Å². The van der Waals surface area contributed by atoms with Crippen LogP contribution in [-0.4, -0.2) is 39.5 Å². The van der Waals surface area contributed by atoms with Crippen molar-refractivity contribution in [3.05, 3.63) is 18.2 Å². The first kappa shape index (κ1) is 18.2. The Labute approximate surface area is 126 Å². The second kappa shape index (κ2) is 8.40. The number of likely N-dealkylation sites (tertiary alicyclic amines) is 1. The van der Waals surface area contributed by atoms with Crippen LogP contribution >= 0.6 is 24.8 Å². The van der Waals surface area contributed by atoms with Gasteiger partial charge in [0, 0.05) is 44.5 Å². The summed E-state index contributed by atoms with van der Waals surface area (Å²) in [6.07, 6.45) is 6.40. The van der Waals surface area contributed by atoms with Crippen LogP contribution in [0.2, 0.25) is 0 Å². The molecular formula is C12H22Cl2N4O. The van der Waals surface area contributed by atoms with Gasteiger partial charge in [-0.05, 0) is 19.8 Å². The van der Waals surface area contributed by atoms with Gasteiger partial charge in [-0.25, -0.2) is 4.98 Å². The van der Waals surface area contributed by atoms with Gasteiger partial charge in [-0.15, -0.1) is 24.8 Å². The summed E-state index contributed by atoms with van der Waals surface area (Å²) in [4.78, 5) is 18.1. The van der Waals surface area contributed by atoms with Crippen molar-refractivity contribution in [2.24, 2.45) is 5.73 Å². The Balaban J connectivity index is 0.00000162. The minimum absolute atomic E-state index is 0. The van der Waals surface area contributed by atoms with Crippen molar-refractivity contribution < 1.29 is 4.79 Å². The van der Waals surface area contributed by atoms with E-state index >= 15 is 0 Å². The highest BCUT2D eigenvalue weighted by Crippen LogP contribution is 2.20. The normalized spacial score (nSPS) is 17.8. The minimum Gasteiger partial charge on any atom is -0.338 e. The molecule has 0 bridgehead atoms. The van der Waals surface area contributed by atoms with Gasteiger partial charge >= 0.3 is 0 Å². The number of hydrogen-bond acceptors (Lipinski definition) is 3. The van der Waals surface area contributed by atoms with Crippen molar-refractivity contribution in [2.75, 3.05) is 13.1 Å². The van der Waals surface area contributed by atoms with Crippen LogP contribution < -0.4 is 5.73 Å². The van der Waals surface area contributed by atoms with Crippen molar-refractivity contribution >= 4 is 30.7 Å². The van der Waals surface area contributed by atoms with E-state index in [1.165, 1.54) is 0 Å². The Morgan fingerprint density at radius 3 is 2.84 bits per heavy atom. The minimum atomic E-state index is 0. The number of nitrogens with zero attached hydrogens (tertiary/aromatic N) is 3. The maximum absolute atomic E-state index is 11.9. The number of carbonyl (C=O) groups excluding carboxylic acids is 1. The molecule has 1 aromatic rings. The fourth-order valence-corrected chi connectivity index (χ4v) is 2.44. The van der Waals surface area contributed by atoms with Crippen LogP contribution in [0.15, 0.2) is 12.4 Å². The summed E-state index contributed by atoms with van der Waals surface area (Å²) in [5.41, 5.74) is 5.44. The van der Waals surface area contributed by atoms with Gasteiger partial charge in [-0.2, -0.15) is 0 Å². The smallest absolute Gasteiger partial charge is 0.224 e. The van der Waals surface area contributed by atoms with Crippen LogP contribution in [0.4, 0.5) is 0 Å². The summed E-state index contributed by atoms with van der Waals surface area (Å²) in [7, 11) is 0. The summed E-state index contributed by atoms with van der Waals surface area (Å²) in [6, 6.07) is 0.307. The number of rotatable bonds is 4. The summed E-state index contributed by atoms with van der Waals surface area (Å²) in [5.74, 6) is 1.19. The molecule has 0 aromatic carbocycles. The highest BCUT2D eigenvalue weighted by Gasteiger charge is 2.28. The molecule has 1 fully saturated rings. The van der Waals surface area contributed by atoms with E-state index in [0.717, 1.165) is 31.8 Å². The zero-order valence-electron chi connectivity index (χ0n) is 11.1. The molecule has 2 N–H and O–H groups in total. The molecule has 1 atom stereocenters. The molecule has 1 aliphatic heterocycles. The fraction of sp³-hybridized carbons (Fsp3) is 0.667. The maximum Gasteiger partial charge on any atom is 0.224 e. The topological polar surface area (TPSA) is 64.2 Å². The zero-order chi connectivity index (χ0) is 12.3. The first-order valence-corrected chi connectivity index (χ1v) is 6.19. The van der Waals surface area contributed by atoms with Gasteiger partial charge in [0.1, 0.15) is 5.82 Å². The van der Waals surface area contributed by atoms with Gasteiger partial charge in [0.25, 0.3) is 0 Å². The zero-order valence-corrected chi connectivity index (χ0v) is 12.8. The molecule has 1 aliphatic rings. The van der Waals surface area contributed by atoms with E-state index in [2.05, 4.69) is 9.55 Å². The number of aromatic nitrogens is 2. The van der Waals surface area contributed by atoms with Crippen LogP contribution in [0.25, 0.3) is 0 Å². The third-order valence-electron chi connectivity index (χ3n) is 3.39. The van der Waals surface area contributed by atoms with E-state index in [1.54, 1.807) is 6.20 Å². The van der Waals surface area contributed by atoms with Crippen LogP contribution in [0, 0.1) is 6.92 Å². The highest BCUT2D eigenvalue weighted by molar-refractivity contribution is 5.85. The number of hydrogen-bond donors (Lipinski definition) is 1. The summed E-state index contributed by atoms with van der Waals surface area (Å²) < 4.78 is 2.11. The molecule has 0 radical (unpaired) electrons. The standard InChI is InChI=1S/C12H20N4O.2ClH/c1-10-14-6-8-15(10)9-11-3-2-7-16(11)12(17)4-5-13;;/h6,8,11H,2-5,7,9,13H2,1H3;2*1H. The predicted molar refractivity (Wildman–Crippen MR) is 79.9 cm³/mol. The van der Waals surface area contributed by atoms with Crippen molar-refractivity contribution in [3.8, 4) is 0 Å². The number of nitrogens with two attached hydrogens (primary N) is 1. The molecule has 110 valence electrons. The molecule has 19 heavy (non-hydrogen) atoms. The lowest BCUT2D eigenvalue weighted by Gasteiger charge is -2.25. The van der Waals surface area contributed by atoms with E-state index in [4.69, 9.17) is 5.73 Å². The number of amides is 1. The van der Waals surface area contributed by atoms with Gasteiger partial charge in [-0.3, -0.25) is 4.79 Å². The first-order valence-electron chi connectivity index (χ1n) is 6.19.